The first-order chi connectivity index (χ1) is 5.44. The van der Waals surface area contributed by atoms with Crippen molar-refractivity contribution in [1.82, 2.24) is 0 Å². The van der Waals surface area contributed by atoms with Crippen molar-refractivity contribution in [1.29, 1.82) is 0 Å². The minimum absolute atomic E-state index is 4.98. The number of rotatable bonds is 1. The van der Waals surface area contributed by atoms with E-state index in [-0.39, 0.29) is 0 Å². The van der Waals surface area contributed by atoms with E-state index in [4.69, 9.17) is 5.11 Å². The van der Waals surface area contributed by atoms with Gasteiger partial charge >= 0.3 is 18.0 Å². The molecule has 1 N–H and O–H groups in total. The fourth-order valence-electron chi connectivity index (χ4n) is 0.408. The molecule has 0 aromatic rings. The fraction of sp³-hybridized carbons (Fsp3) is 1.00. The van der Waals surface area contributed by atoms with Crippen molar-refractivity contribution < 1.29 is 40.2 Å². The van der Waals surface area contributed by atoms with Crippen LogP contribution in [0.5, 0.6) is 0 Å². The Morgan fingerprint density at radius 3 is 1.00 bits per heavy atom. The van der Waals surface area contributed by atoms with Crippen molar-refractivity contribution >= 4 is 0 Å². The second kappa shape index (κ2) is 2.96. The lowest BCUT2D eigenvalue weighted by molar-refractivity contribution is -0.397. The molecule has 0 spiro atoms. The van der Waals surface area contributed by atoms with Crippen molar-refractivity contribution in [2.24, 2.45) is 0 Å². The zero-order chi connectivity index (χ0) is 11.1. The van der Waals surface area contributed by atoms with Gasteiger partial charge in [-0.15, -0.1) is 0 Å². The first kappa shape index (κ1) is 12.4. The molecule has 0 aromatic carbocycles. The monoisotopic (exact) mass is 218 g/mol. The van der Waals surface area contributed by atoms with Crippen LogP contribution in [0.3, 0.4) is 0 Å². The molecular weight excluding hydrogens is 216 g/mol. The van der Waals surface area contributed by atoms with Crippen LogP contribution in [-0.4, -0.2) is 29.5 Å². The Labute approximate surface area is 66.0 Å². The van der Waals surface area contributed by atoms with Gasteiger partial charge in [0.15, 0.2) is 0 Å². The average Bonchev–Trinajstić information content (AvgIpc) is 1.80. The second-order valence-corrected chi connectivity index (χ2v) is 2.06. The maximum Gasteiger partial charge on any atom is 0.432 e. The maximum atomic E-state index is 11.4. The largest absolute Gasteiger partial charge is 0.432 e. The molecule has 0 heterocycles. The predicted molar refractivity (Wildman–Crippen MR) is 23.1 cm³/mol. The van der Waals surface area contributed by atoms with Crippen LogP contribution in [0.2, 0.25) is 0 Å². The summed E-state index contributed by atoms with van der Waals surface area (Å²) in [6.07, 6.45) is -17.9. The smallest absolute Gasteiger partial charge is 0.369 e. The molecule has 0 unspecified atom stereocenters. The van der Waals surface area contributed by atoms with Gasteiger partial charge < -0.3 is 5.11 Å². The number of alkyl halides is 8. The van der Waals surface area contributed by atoms with Crippen LogP contribution in [-0.2, 0) is 0 Å². The molecule has 0 aliphatic heterocycles. The summed E-state index contributed by atoms with van der Waals surface area (Å²) in [5.41, 5.74) is -5.96. The number of halogens is 8. The van der Waals surface area contributed by atoms with E-state index in [1.165, 1.54) is 0 Å². The summed E-state index contributed by atoms with van der Waals surface area (Å²) in [7, 11) is 0. The summed E-state index contributed by atoms with van der Waals surface area (Å²) in [6.45, 7) is 0. The van der Waals surface area contributed by atoms with Gasteiger partial charge in [0.25, 0.3) is 6.43 Å². The maximum absolute atomic E-state index is 11.4. The van der Waals surface area contributed by atoms with E-state index in [2.05, 4.69) is 0 Å². The molecule has 0 aliphatic carbocycles. The highest BCUT2D eigenvalue weighted by Gasteiger charge is 2.76. The molecule has 0 saturated carbocycles. The molecular formula is C4H2F8O. The van der Waals surface area contributed by atoms with E-state index >= 15 is 0 Å². The Morgan fingerprint density at radius 2 is 1.00 bits per heavy atom. The van der Waals surface area contributed by atoms with Crippen LogP contribution in [0, 0.1) is 0 Å². The Morgan fingerprint density at radius 1 is 0.769 bits per heavy atom. The molecule has 0 rings (SSSR count). The third kappa shape index (κ3) is 1.84. The second-order valence-electron chi connectivity index (χ2n) is 2.06. The van der Waals surface area contributed by atoms with Crippen LogP contribution < -0.4 is 0 Å². The van der Waals surface area contributed by atoms with Crippen LogP contribution in [0.15, 0.2) is 0 Å². The number of hydrogen-bond donors (Lipinski definition) is 1. The molecule has 0 fully saturated rings. The minimum Gasteiger partial charge on any atom is -0.369 e. The Hall–Kier alpha value is -0.600. The van der Waals surface area contributed by atoms with Crippen molar-refractivity contribution in [3.05, 3.63) is 0 Å². The van der Waals surface area contributed by atoms with Crippen LogP contribution in [0.4, 0.5) is 35.1 Å². The molecule has 9 heteroatoms. The van der Waals surface area contributed by atoms with Gasteiger partial charge in [-0.2, -0.15) is 26.3 Å². The van der Waals surface area contributed by atoms with Gasteiger partial charge in [0.05, 0.1) is 0 Å². The first-order valence-corrected chi connectivity index (χ1v) is 2.58. The molecule has 0 aromatic heterocycles. The van der Waals surface area contributed by atoms with E-state index in [0.717, 1.165) is 0 Å². The molecule has 0 radical (unpaired) electrons. The number of hydrogen-bond acceptors (Lipinski definition) is 1. The number of aliphatic hydroxyl groups is 1. The summed E-state index contributed by atoms with van der Waals surface area (Å²) < 4.78 is 91.2. The first-order valence-electron chi connectivity index (χ1n) is 2.58. The highest BCUT2D eigenvalue weighted by molar-refractivity contribution is 4.96. The fourth-order valence-corrected chi connectivity index (χ4v) is 0.408. The van der Waals surface area contributed by atoms with Gasteiger partial charge in [0.2, 0.25) is 0 Å². The van der Waals surface area contributed by atoms with E-state index in [9.17, 15) is 35.1 Å². The van der Waals surface area contributed by atoms with Gasteiger partial charge in [-0.3, -0.25) is 0 Å². The Balaban J connectivity index is 5.22. The molecule has 0 aliphatic rings. The van der Waals surface area contributed by atoms with E-state index in [0.29, 0.717) is 0 Å². The molecule has 13 heavy (non-hydrogen) atoms. The van der Waals surface area contributed by atoms with Crippen LogP contribution >= 0.6 is 0 Å². The summed E-state index contributed by atoms with van der Waals surface area (Å²) in [6, 6.07) is 0. The predicted octanol–water partition coefficient (Wildman–Crippen LogP) is 2.11. The average molecular weight is 218 g/mol. The lowest BCUT2D eigenvalue weighted by Gasteiger charge is -2.30. The Bertz CT molecular complexity index is 164. The van der Waals surface area contributed by atoms with E-state index in [1.54, 1.807) is 0 Å². The topological polar surface area (TPSA) is 20.2 Å². The van der Waals surface area contributed by atoms with Crippen LogP contribution in [0.1, 0.15) is 0 Å². The molecule has 0 saturated heterocycles. The standard InChI is InChI=1S/C4H2F8O/c5-1(6)2(13,3(7,8)9)4(10,11)12/h1,13H. The SMILES string of the molecule is OC(C(F)F)(C(F)(F)F)C(F)(F)F. The summed E-state index contributed by atoms with van der Waals surface area (Å²) in [4.78, 5) is 0. The Kier molecular flexibility index (Phi) is 2.83. The van der Waals surface area contributed by atoms with Gasteiger partial charge in [-0.05, 0) is 0 Å². The lowest BCUT2D eigenvalue weighted by atomic mass is 10.0. The zero-order valence-electron chi connectivity index (χ0n) is 5.55. The third-order valence-electron chi connectivity index (χ3n) is 1.18. The van der Waals surface area contributed by atoms with Gasteiger partial charge in [0.1, 0.15) is 0 Å². The molecule has 80 valence electrons. The van der Waals surface area contributed by atoms with Gasteiger partial charge in [0, 0.05) is 0 Å². The van der Waals surface area contributed by atoms with Crippen molar-refractivity contribution in [2.75, 3.05) is 0 Å². The third-order valence-corrected chi connectivity index (χ3v) is 1.18. The lowest BCUT2D eigenvalue weighted by Crippen LogP contribution is -2.61. The van der Waals surface area contributed by atoms with Crippen LogP contribution in [0.25, 0.3) is 0 Å². The molecule has 0 atom stereocenters. The van der Waals surface area contributed by atoms with Crippen molar-refractivity contribution in [3.63, 3.8) is 0 Å². The summed E-state index contributed by atoms with van der Waals surface area (Å²) >= 11 is 0. The minimum atomic E-state index is -6.46. The highest BCUT2D eigenvalue weighted by atomic mass is 19.4. The molecule has 0 amide bonds. The van der Waals surface area contributed by atoms with Gasteiger partial charge in [-0.25, -0.2) is 8.78 Å². The van der Waals surface area contributed by atoms with E-state index < -0.39 is 24.4 Å². The van der Waals surface area contributed by atoms with Crippen molar-refractivity contribution in [2.45, 2.75) is 24.4 Å². The van der Waals surface area contributed by atoms with Crippen molar-refractivity contribution in [3.8, 4) is 0 Å². The van der Waals surface area contributed by atoms with E-state index in [1.807, 2.05) is 0 Å². The summed E-state index contributed by atoms with van der Waals surface area (Å²) in [5.74, 6) is 0. The highest BCUT2D eigenvalue weighted by Crippen LogP contribution is 2.46. The summed E-state index contributed by atoms with van der Waals surface area (Å²) in [5, 5.41) is 7.76. The zero-order valence-corrected chi connectivity index (χ0v) is 5.55. The molecule has 1 nitrogen and oxygen atoms in total. The normalized spacial score (nSPS) is 15.2. The molecule has 0 bridgehead atoms. The quantitative estimate of drug-likeness (QED) is 0.668. The van der Waals surface area contributed by atoms with Gasteiger partial charge in [-0.1, -0.05) is 0 Å².